The quantitative estimate of drug-likeness (QED) is 0.750. The highest BCUT2D eigenvalue weighted by Crippen LogP contribution is 2.17. The van der Waals surface area contributed by atoms with Crippen LogP contribution in [0.5, 0.6) is 0 Å². The molecule has 2 aromatic rings. The first-order valence-electron chi connectivity index (χ1n) is 4.39. The predicted molar refractivity (Wildman–Crippen MR) is 61.7 cm³/mol. The molecule has 4 heteroatoms. The summed E-state index contributed by atoms with van der Waals surface area (Å²) >= 11 is 7.15. The molecule has 76 valence electrons. The summed E-state index contributed by atoms with van der Waals surface area (Å²) < 4.78 is 4.00. The van der Waals surface area contributed by atoms with E-state index in [2.05, 4.69) is 4.37 Å². The molecule has 2 nitrogen and oxygen atoms in total. The minimum absolute atomic E-state index is 0.0816. The molecule has 0 N–H and O–H groups in total. The van der Waals surface area contributed by atoms with E-state index in [9.17, 15) is 4.79 Å². The molecule has 0 aliphatic rings. The number of carbonyl (C=O) groups excluding carboxylic acids is 1. The Morgan fingerprint density at radius 1 is 1.40 bits per heavy atom. The number of nitrogens with zero attached hydrogens (tertiary/aromatic N) is 1. The molecule has 0 saturated heterocycles. The Bertz CT molecular complexity index is 473. The second-order valence-corrected chi connectivity index (χ2v) is 4.33. The molecule has 1 aromatic heterocycles. The smallest absolute Gasteiger partial charge is 0.212 e. The van der Waals surface area contributed by atoms with Crippen LogP contribution in [0.1, 0.15) is 21.6 Å². The van der Waals surface area contributed by atoms with E-state index in [-0.39, 0.29) is 5.78 Å². The number of carbonyl (C=O) groups is 1. The lowest BCUT2D eigenvalue weighted by molar-refractivity contribution is 0.103. The van der Waals surface area contributed by atoms with E-state index in [4.69, 9.17) is 11.6 Å². The van der Waals surface area contributed by atoms with E-state index in [1.807, 2.05) is 19.1 Å². The van der Waals surface area contributed by atoms with E-state index >= 15 is 0 Å². The Kier molecular flexibility index (Phi) is 2.84. The van der Waals surface area contributed by atoms with Gasteiger partial charge in [-0.25, -0.2) is 0 Å². The summed E-state index contributed by atoms with van der Waals surface area (Å²) in [6.45, 7) is 1.91. The fraction of sp³-hybridized carbons (Fsp3) is 0.0909. The molecule has 0 atom stereocenters. The van der Waals surface area contributed by atoms with Gasteiger partial charge in [0.2, 0.25) is 5.78 Å². The molecule has 15 heavy (non-hydrogen) atoms. The van der Waals surface area contributed by atoms with Gasteiger partial charge in [-0.3, -0.25) is 4.79 Å². The summed E-state index contributed by atoms with van der Waals surface area (Å²) in [5.41, 5.74) is 2.04. The van der Waals surface area contributed by atoms with Gasteiger partial charge in [0.25, 0.3) is 0 Å². The summed E-state index contributed by atoms with van der Waals surface area (Å²) in [5.74, 6) is -0.0816. The van der Waals surface area contributed by atoms with Crippen LogP contribution in [0.15, 0.2) is 29.6 Å². The van der Waals surface area contributed by atoms with E-state index in [1.54, 1.807) is 17.5 Å². The van der Waals surface area contributed by atoms with Gasteiger partial charge in [-0.15, -0.1) is 0 Å². The van der Waals surface area contributed by atoms with Crippen molar-refractivity contribution < 1.29 is 4.79 Å². The van der Waals surface area contributed by atoms with Crippen LogP contribution in [-0.4, -0.2) is 10.2 Å². The van der Waals surface area contributed by atoms with Crippen LogP contribution in [0.25, 0.3) is 0 Å². The standard InChI is InChI=1S/C11H8ClNOS/c1-7-4-8(6-9(12)5-7)11(14)10-2-3-15-13-10/h2-6H,1H3. The van der Waals surface area contributed by atoms with Crippen molar-refractivity contribution in [2.24, 2.45) is 0 Å². The van der Waals surface area contributed by atoms with Crippen molar-refractivity contribution in [2.75, 3.05) is 0 Å². The van der Waals surface area contributed by atoms with Crippen LogP contribution < -0.4 is 0 Å². The fourth-order valence-corrected chi connectivity index (χ4v) is 2.14. The van der Waals surface area contributed by atoms with Gasteiger partial charge in [-0.1, -0.05) is 11.6 Å². The lowest BCUT2D eigenvalue weighted by Gasteiger charge is -2.00. The highest BCUT2D eigenvalue weighted by molar-refractivity contribution is 7.03. The molecule has 0 radical (unpaired) electrons. The molecule has 1 heterocycles. The Labute approximate surface area is 96.7 Å². The second kappa shape index (κ2) is 4.13. The van der Waals surface area contributed by atoms with Crippen molar-refractivity contribution in [3.05, 3.63) is 51.5 Å². The Balaban J connectivity index is 2.42. The van der Waals surface area contributed by atoms with Gasteiger partial charge in [-0.05, 0) is 48.3 Å². The van der Waals surface area contributed by atoms with Crippen LogP contribution in [0.4, 0.5) is 0 Å². The maximum atomic E-state index is 11.9. The van der Waals surface area contributed by atoms with E-state index in [0.29, 0.717) is 16.3 Å². The van der Waals surface area contributed by atoms with Crippen LogP contribution in [-0.2, 0) is 0 Å². The molecule has 2 rings (SSSR count). The average Bonchev–Trinajstić information content (AvgIpc) is 2.67. The molecular formula is C11H8ClNOS. The number of aryl methyl sites for hydroxylation is 1. The third-order valence-corrected chi connectivity index (χ3v) is 2.75. The summed E-state index contributed by atoms with van der Waals surface area (Å²) in [6, 6.07) is 7.01. The highest BCUT2D eigenvalue weighted by Gasteiger charge is 2.11. The zero-order valence-electron chi connectivity index (χ0n) is 8.03. The second-order valence-electron chi connectivity index (χ2n) is 3.23. The van der Waals surface area contributed by atoms with Gasteiger partial charge >= 0.3 is 0 Å². The van der Waals surface area contributed by atoms with Crippen molar-refractivity contribution in [1.29, 1.82) is 0 Å². The third-order valence-electron chi connectivity index (χ3n) is 1.97. The summed E-state index contributed by atoms with van der Waals surface area (Å²) in [5, 5.41) is 2.36. The predicted octanol–water partition coefficient (Wildman–Crippen LogP) is 3.34. The Morgan fingerprint density at radius 2 is 2.20 bits per heavy atom. The Hall–Kier alpha value is -1.19. The van der Waals surface area contributed by atoms with Gasteiger partial charge < -0.3 is 0 Å². The number of rotatable bonds is 2. The SMILES string of the molecule is Cc1cc(Cl)cc(C(=O)c2ccsn2)c1. The summed E-state index contributed by atoms with van der Waals surface area (Å²) in [7, 11) is 0. The van der Waals surface area contributed by atoms with E-state index < -0.39 is 0 Å². The number of halogens is 1. The lowest BCUT2D eigenvalue weighted by Crippen LogP contribution is -2.01. The normalized spacial score (nSPS) is 10.3. The number of ketones is 1. The Morgan fingerprint density at radius 3 is 2.80 bits per heavy atom. The molecule has 0 amide bonds. The van der Waals surface area contributed by atoms with Crippen molar-refractivity contribution in [3.63, 3.8) is 0 Å². The topological polar surface area (TPSA) is 30.0 Å². The molecule has 0 unspecified atom stereocenters. The number of benzene rings is 1. The van der Waals surface area contributed by atoms with Gasteiger partial charge in [0, 0.05) is 16.0 Å². The van der Waals surface area contributed by atoms with Gasteiger partial charge in [0.1, 0.15) is 5.69 Å². The largest absolute Gasteiger partial charge is 0.287 e. The highest BCUT2D eigenvalue weighted by atomic mass is 35.5. The van der Waals surface area contributed by atoms with Crippen LogP contribution in [0, 0.1) is 6.92 Å². The first-order valence-corrected chi connectivity index (χ1v) is 5.60. The lowest BCUT2D eigenvalue weighted by atomic mass is 10.1. The van der Waals surface area contributed by atoms with Gasteiger partial charge in [-0.2, -0.15) is 4.37 Å². The number of hydrogen-bond acceptors (Lipinski definition) is 3. The molecule has 0 saturated carbocycles. The molecule has 0 fully saturated rings. The van der Waals surface area contributed by atoms with Gasteiger partial charge in [0.15, 0.2) is 0 Å². The molecule has 0 aliphatic heterocycles. The van der Waals surface area contributed by atoms with Crippen LogP contribution in [0.3, 0.4) is 0 Å². The summed E-state index contributed by atoms with van der Waals surface area (Å²) in [4.78, 5) is 11.9. The molecular weight excluding hydrogens is 230 g/mol. The molecule has 0 aliphatic carbocycles. The van der Waals surface area contributed by atoms with Crippen molar-refractivity contribution >= 4 is 28.9 Å². The zero-order chi connectivity index (χ0) is 10.8. The zero-order valence-corrected chi connectivity index (χ0v) is 9.60. The molecule has 0 spiro atoms. The maximum Gasteiger partial charge on any atom is 0.212 e. The fourth-order valence-electron chi connectivity index (χ4n) is 1.34. The first-order chi connectivity index (χ1) is 7.16. The van der Waals surface area contributed by atoms with Crippen molar-refractivity contribution in [2.45, 2.75) is 6.92 Å². The summed E-state index contributed by atoms with van der Waals surface area (Å²) in [6.07, 6.45) is 0. The maximum absolute atomic E-state index is 11.9. The molecule has 0 bridgehead atoms. The van der Waals surface area contributed by atoms with Crippen LogP contribution in [0.2, 0.25) is 5.02 Å². The van der Waals surface area contributed by atoms with Crippen LogP contribution >= 0.6 is 23.1 Å². The third kappa shape index (κ3) is 2.25. The van der Waals surface area contributed by atoms with Crippen molar-refractivity contribution in [1.82, 2.24) is 4.37 Å². The number of hydrogen-bond donors (Lipinski definition) is 0. The van der Waals surface area contributed by atoms with Crippen molar-refractivity contribution in [3.8, 4) is 0 Å². The van der Waals surface area contributed by atoms with Gasteiger partial charge in [0.05, 0.1) is 0 Å². The first kappa shape index (κ1) is 10.3. The minimum atomic E-state index is -0.0816. The number of aromatic nitrogens is 1. The average molecular weight is 238 g/mol. The van der Waals surface area contributed by atoms with E-state index in [1.165, 1.54) is 11.5 Å². The monoisotopic (exact) mass is 237 g/mol. The molecule has 1 aromatic carbocycles. The minimum Gasteiger partial charge on any atom is -0.287 e. The van der Waals surface area contributed by atoms with E-state index in [0.717, 1.165) is 5.56 Å².